The summed E-state index contributed by atoms with van der Waals surface area (Å²) in [6.45, 7) is 1.06. The summed E-state index contributed by atoms with van der Waals surface area (Å²) in [5.41, 5.74) is 0.744. The summed E-state index contributed by atoms with van der Waals surface area (Å²) in [7, 11) is 1.91. The van der Waals surface area contributed by atoms with E-state index in [-0.39, 0.29) is 35.4 Å². The summed E-state index contributed by atoms with van der Waals surface area (Å²) >= 11 is 1.40. The fraction of sp³-hybridized carbons (Fsp3) is 0.333. The van der Waals surface area contributed by atoms with Crippen molar-refractivity contribution in [3.63, 3.8) is 0 Å². The van der Waals surface area contributed by atoms with E-state index in [2.05, 4.69) is 4.98 Å². The number of sulfone groups is 1. The molecule has 7 nitrogen and oxygen atoms in total. The van der Waals surface area contributed by atoms with Gasteiger partial charge in [-0.05, 0) is 38.4 Å². The first-order valence-electron chi connectivity index (χ1n) is 9.47. The number of hydrogen-bond donors (Lipinski definition) is 0. The largest absolute Gasteiger partial charge is 0.497 e. The quantitative estimate of drug-likeness (QED) is 0.463. The minimum absolute atomic E-state index is 0. The molecule has 1 aromatic heterocycles. The van der Waals surface area contributed by atoms with Gasteiger partial charge in [0.05, 0.1) is 28.0 Å². The molecule has 0 bridgehead atoms. The SMILES string of the molecule is COc1ccc2sc(N(CCN(C)C)C(=O)CCS(=O)(=O)c3ccccc3)nc2c1.Cl. The molecule has 1 heterocycles. The zero-order chi connectivity index (χ0) is 21.7. The smallest absolute Gasteiger partial charge is 0.229 e. The number of aromatic nitrogens is 1. The van der Waals surface area contributed by atoms with E-state index >= 15 is 0 Å². The lowest BCUT2D eigenvalue weighted by Gasteiger charge is -2.22. The highest BCUT2D eigenvalue weighted by Crippen LogP contribution is 2.31. The van der Waals surface area contributed by atoms with Crippen LogP contribution in [0.25, 0.3) is 10.2 Å². The number of amides is 1. The normalized spacial score (nSPS) is 11.4. The molecule has 31 heavy (non-hydrogen) atoms. The van der Waals surface area contributed by atoms with Crippen molar-refractivity contribution in [1.29, 1.82) is 0 Å². The van der Waals surface area contributed by atoms with Crippen molar-refractivity contribution in [1.82, 2.24) is 9.88 Å². The summed E-state index contributed by atoms with van der Waals surface area (Å²) in [6.07, 6.45) is -0.107. The first kappa shape index (κ1) is 25.1. The summed E-state index contributed by atoms with van der Waals surface area (Å²) in [6, 6.07) is 13.8. The summed E-state index contributed by atoms with van der Waals surface area (Å²) in [4.78, 5) is 21.4. The number of likely N-dealkylation sites (N-methyl/N-ethyl adjacent to an activating group) is 1. The molecule has 3 rings (SSSR count). The second-order valence-electron chi connectivity index (χ2n) is 7.06. The molecule has 0 radical (unpaired) electrons. The van der Waals surface area contributed by atoms with Crippen molar-refractivity contribution < 1.29 is 17.9 Å². The first-order valence-corrected chi connectivity index (χ1v) is 11.9. The maximum absolute atomic E-state index is 13.0. The second kappa shape index (κ2) is 10.9. The van der Waals surface area contributed by atoms with Gasteiger partial charge in [0.2, 0.25) is 5.91 Å². The summed E-state index contributed by atoms with van der Waals surface area (Å²) in [5.74, 6) is 0.189. The number of anilines is 1. The van der Waals surface area contributed by atoms with Gasteiger partial charge in [0.15, 0.2) is 15.0 Å². The standard InChI is InChI=1S/C21H25N3O4S2.ClH/c1-23(2)12-13-24(21-22-18-15-16(28-3)9-10-19(18)29-21)20(25)11-14-30(26,27)17-7-5-4-6-8-17;/h4-10,15H,11-14H2,1-3H3;1H. The van der Waals surface area contributed by atoms with Gasteiger partial charge in [-0.1, -0.05) is 29.5 Å². The van der Waals surface area contributed by atoms with Gasteiger partial charge in [-0.15, -0.1) is 12.4 Å². The van der Waals surface area contributed by atoms with Crippen LogP contribution in [0, 0.1) is 0 Å². The lowest BCUT2D eigenvalue weighted by molar-refractivity contribution is -0.118. The molecule has 0 aliphatic rings. The molecule has 0 saturated heterocycles. The Hall–Kier alpha value is -2.20. The molecule has 0 unspecified atom stereocenters. The number of benzene rings is 2. The van der Waals surface area contributed by atoms with Crippen LogP contribution in [0.3, 0.4) is 0 Å². The van der Waals surface area contributed by atoms with Crippen LogP contribution < -0.4 is 9.64 Å². The number of carbonyl (C=O) groups is 1. The number of nitrogens with zero attached hydrogens (tertiary/aromatic N) is 3. The van der Waals surface area contributed by atoms with E-state index in [4.69, 9.17) is 4.74 Å². The Morgan fingerprint density at radius 2 is 1.81 bits per heavy atom. The zero-order valence-electron chi connectivity index (χ0n) is 17.6. The highest BCUT2D eigenvalue weighted by molar-refractivity contribution is 7.91. The molecule has 2 aromatic carbocycles. The molecule has 3 aromatic rings. The van der Waals surface area contributed by atoms with E-state index in [1.165, 1.54) is 11.3 Å². The molecule has 0 spiro atoms. The number of ether oxygens (including phenoxy) is 1. The average Bonchev–Trinajstić information content (AvgIpc) is 3.15. The van der Waals surface area contributed by atoms with Crippen LogP contribution in [-0.4, -0.2) is 64.3 Å². The van der Waals surface area contributed by atoms with Crippen LogP contribution in [-0.2, 0) is 14.6 Å². The molecular weight excluding hydrogens is 458 g/mol. The lowest BCUT2D eigenvalue weighted by Crippen LogP contribution is -2.37. The average molecular weight is 484 g/mol. The number of thiazole rings is 1. The summed E-state index contributed by atoms with van der Waals surface area (Å²) in [5, 5.41) is 0.558. The topological polar surface area (TPSA) is 79.8 Å². The van der Waals surface area contributed by atoms with E-state index in [0.717, 1.165) is 10.2 Å². The third-order valence-corrected chi connectivity index (χ3v) is 7.36. The van der Waals surface area contributed by atoms with Gasteiger partial charge in [0.25, 0.3) is 0 Å². The van der Waals surface area contributed by atoms with Gasteiger partial charge < -0.3 is 9.64 Å². The van der Waals surface area contributed by atoms with Gasteiger partial charge in [0, 0.05) is 25.6 Å². The highest BCUT2D eigenvalue weighted by Gasteiger charge is 2.23. The molecule has 0 saturated carbocycles. The third-order valence-electron chi connectivity index (χ3n) is 4.57. The molecule has 0 fully saturated rings. The Kier molecular flexibility index (Phi) is 8.81. The van der Waals surface area contributed by atoms with Crippen molar-refractivity contribution in [3.05, 3.63) is 48.5 Å². The first-order chi connectivity index (χ1) is 14.3. The predicted molar refractivity (Wildman–Crippen MR) is 127 cm³/mol. The van der Waals surface area contributed by atoms with Crippen LogP contribution in [0.2, 0.25) is 0 Å². The van der Waals surface area contributed by atoms with Crippen LogP contribution in [0.5, 0.6) is 5.75 Å². The van der Waals surface area contributed by atoms with Crippen molar-refractivity contribution in [2.75, 3.05) is 44.9 Å². The Bertz CT molecular complexity index is 1120. The summed E-state index contributed by atoms with van der Waals surface area (Å²) < 4.78 is 31.3. The molecular formula is C21H26ClN3O4S2. The Morgan fingerprint density at radius 3 is 2.45 bits per heavy atom. The molecule has 1 amide bonds. The molecule has 0 atom stereocenters. The predicted octanol–water partition coefficient (Wildman–Crippen LogP) is 3.49. The van der Waals surface area contributed by atoms with Gasteiger partial charge in [0.1, 0.15) is 5.75 Å². The molecule has 168 valence electrons. The van der Waals surface area contributed by atoms with Gasteiger partial charge in [-0.2, -0.15) is 0 Å². The number of carbonyl (C=O) groups excluding carboxylic acids is 1. The van der Waals surface area contributed by atoms with Gasteiger partial charge >= 0.3 is 0 Å². The van der Waals surface area contributed by atoms with E-state index in [9.17, 15) is 13.2 Å². The van der Waals surface area contributed by atoms with Gasteiger partial charge in [-0.25, -0.2) is 13.4 Å². The van der Waals surface area contributed by atoms with Crippen molar-refractivity contribution in [2.45, 2.75) is 11.3 Å². The van der Waals surface area contributed by atoms with E-state index in [1.54, 1.807) is 42.3 Å². The van der Waals surface area contributed by atoms with Crippen molar-refractivity contribution in [3.8, 4) is 5.75 Å². The molecule has 0 aliphatic carbocycles. The maximum Gasteiger partial charge on any atom is 0.229 e. The fourth-order valence-electron chi connectivity index (χ4n) is 2.87. The number of rotatable bonds is 9. The molecule has 0 N–H and O–H groups in total. The monoisotopic (exact) mass is 483 g/mol. The minimum atomic E-state index is -3.53. The Labute approximate surface area is 193 Å². The Morgan fingerprint density at radius 1 is 1.10 bits per heavy atom. The van der Waals surface area contributed by atoms with Crippen LogP contribution >= 0.6 is 23.7 Å². The van der Waals surface area contributed by atoms with Crippen molar-refractivity contribution >= 4 is 54.8 Å². The second-order valence-corrected chi connectivity index (χ2v) is 10.2. The number of halogens is 1. The Balaban J connectivity index is 0.00000341. The highest BCUT2D eigenvalue weighted by atomic mass is 35.5. The number of hydrogen-bond acceptors (Lipinski definition) is 7. The third kappa shape index (κ3) is 6.39. The van der Waals surface area contributed by atoms with Crippen LogP contribution in [0.1, 0.15) is 6.42 Å². The molecule has 0 aliphatic heterocycles. The molecule has 10 heteroatoms. The van der Waals surface area contributed by atoms with Gasteiger partial charge in [-0.3, -0.25) is 9.69 Å². The van der Waals surface area contributed by atoms with Crippen LogP contribution in [0.4, 0.5) is 5.13 Å². The van der Waals surface area contributed by atoms with Crippen molar-refractivity contribution in [2.24, 2.45) is 0 Å². The van der Waals surface area contributed by atoms with Crippen LogP contribution in [0.15, 0.2) is 53.4 Å². The van der Waals surface area contributed by atoms with E-state index < -0.39 is 9.84 Å². The number of methoxy groups -OCH3 is 1. The maximum atomic E-state index is 13.0. The zero-order valence-corrected chi connectivity index (χ0v) is 20.1. The fourth-order valence-corrected chi connectivity index (χ4v) is 5.11. The lowest BCUT2D eigenvalue weighted by atomic mass is 10.3. The van der Waals surface area contributed by atoms with E-state index in [1.807, 2.05) is 37.2 Å². The number of fused-ring (bicyclic) bond motifs is 1. The minimum Gasteiger partial charge on any atom is -0.497 e. The van der Waals surface area contributed by atoms with E-state index in [0.29, 0.717) is 24.0 Å².